The van der Waals surface area contributed by atoms with E-state index in [2.05, 4.69) is 20.8 Å². The molecule has 33 heavy (non-hydrogen) atoms. The Bertz CT molecular complexity index is 570. The number of rotatable bonds is 9. The lowest BCUT2D eigenvalue weighted by Crippen LogP contribution is -2.54. The molecule has 5 atom stereocenters. The van der Waals surface area contributed by atoms with Crippen molar-refractivity contribution in [3.05, 3.63) is 0 Å². The Morgan fingerprint density at radius 2 is 1.24 bits per heavy atom. The van der Waals surface area contributed by atoms with Gasteiger partial charge in [-0.1, -0.05) is 78.6 Å². The highest BCUT2D eigenvalue weighted by molar-refractivity contribution is 6.16. The van der Waals surface area contributed by atoms with Crippen LogP contribution in [-0.2, 0) is 0 Å². The first kappa shape index (κ1) is 29.2. The zero-order valence-corrected chi connectivity index (χ0v) is 23.1. The first-order valence-corrected chi connectivity index (χ1v) is 14.2. The smallest absolute Gasteiger partial charge is 0.116 e. The Labute approximate surface area is 207 Å². The van der Waals surface area contributed by atoms with Crippen molar-refractivity contribution in [3.8, 4) is 0 Å². The summed E-state index contributed by atoms with van der Waals surface area (Å²) in [6.07, 6.45) is 19.5. The number of fused-ring (bicyclic) bond motifs is 1. The first-order chi connectivity index (χ1) is 15.2. The normalized spacial score (nSPS) is 38.3. The van der Waals surface area contributed by atoms with E-state index in [-0.39, 0.29) is 10.8 Å². The zero-order chi connectivity index (χ0) is 25.0. The topological polar surface area (TPSA) is 66.5 Å². The molecule has 0 spiro atoms. The van der Waals surface area contributed by atoms with Crippen molar-refractivity contribution >= 4 is 7.85 Å². The van der Waals surface area contributed by atoms with Gasteiger partial charge >= 0.3 is 0 Å². The lowest BCUT2D eigenvalue weighted by molar-refractivity contribution is -0.113. The zero-order valence-electron chi connectivity index (χ0n) is 23.1. The third-order valence-corrected chi connectivity index (χ3v) is 10.7. The van der Waals surface area contributed by atoms with E-state index >= 15 is 0 Å². The molecule has 0 aliphatic heterocycles. The highest BCUT2D eigenvalue weighted by Crippen LogP contribution is 2.65. The minimum Gasteiger partial charge on any atom is -0.391 e. The molecule has 3 nitrogen and oxygen atoms in total. The number of aliphatic hydroxyl groups is 2. The third-order valence-electron chi connectivity index (χ3n) is 10.7. The van der Waals surface area contributed by atoms with Gasteiger partial charge in [0.2, 0.25) is 0 Å². The van der Waals surface area contributed by atoms with E-state index in [0.29, 0.717) is 5.41 Å². The van der Waals surface area contributed by atoms with Gasteiger partial charge < -0.3 is 15.9 Å². The van der Waals surface area contributed by atoms with Crippen LogP contribution in [0.2, 0.25) is 5.31 Å². The van der Waals surface area contributed by atoms with Gasteiger partial charge in [0.25, 0.3) is 0 Å². The summed E-state index contributed by atoms with van der Waals surface area (Å²) < 4.78 is 0. The molecule has 2 fully saturated rings. The van der Waals surface area contributed by atoms with E-state index < -0.39 is 16.6 Å². The summed E-state index contributed by atoms with van der Waals surface area (Å²) in [5.41, 5.74) is 4.62. The minimum absolute atomic E-state index is 0.209. The van der Waals surface area contributed by atoms with Crippen LogP contribution in [0.25, 0.3) is 0 Å². The molecule has 0 saturated heterocycles. The van der Waals surface area contributed by atoms with E-state index in [1.807, 2.05) is 13.8 Å². The van der Waals surface area contributed by atoms with Gasteiger partial charge in [0.15, 0.2) is 0 Å². The molecule has 0 heterocycles. The van der Waals surface area contributed by atoms with Crippen molar-refractivity contribution in [2.45, 2.75) is 167 Å². The molecule has 0 amide bonds. The lowest BCUT2D eigenvalue weighted by atomic mass is 9.44. The number of unbranched alkanes of at least 4 members (excludes halogenated alkanes) is 3. The van der Waals surface area contributed by atoms with Gasteiger partial charge in [-0.25, -0.2) is 0 Å². The minimum atomic E-state index is -1.16. The summed E-state index contributed by atoms with van der Waals surface area (Å²) in [6.45, 7) is 12.4. The van der Waals surface area contributed by atoms with Gasteiger partial charge in [0.1, 0.15) is 5.72 Å². The van der Waals surface area contributed by atoms with Crippen molar-refractivity contribution in [2.24, 2.45) is 22.0 Å². The molecule has 0 aromatic carbocycles. The Balaban J connectivity index is 2.54. The van der Waals surface area contributed by atoms with Crippen LogP contribution in [0.15, 0.2) is 0 Å². The largest absolute Gasteiger partial charge is 0.391 e. The summed E-state index contributed by atoms with van der Waals surface area (Å²) in [7, 11) is 6.97. The van der Waals surface area contributed by atoms with Gasteiger partial charge in [-0.05, 0) is 88.3 Å². The van der Waals surface area contributed by atoms with Crippen LogP contribution in [0.5, 0.6) is 0 Å². The van der Waals surface area contributed by atoms with Crippen LogP contribution in [0, 0.1) is 16.2 Å². The molecule has 4 heteroatoms. The Kier molecular flexibility index (Phi) is 9.65. The Morgan fingerprint density at radius 3 is 1.79 bits per heavy atom. The molecule has 0 aromatic rings. The summed E-state index contributed by atoms with van der Waals surface area (Å²) in [6, 6.07) is 0. The van der Waals surface area contributed by atoms with Gasteiger partial charge in [0, 0.05) is 5.41 Å². The SMILES string of the molecule is [B]C1(C(C)(C)O)CCCC2(CCCC)CCCC(C)(C(C)(N)O)CCC2(CCCCC)CC1. The van der Waals surface area contributed by atoms with Crippen molar-refractivity contribution in [2.75, 3.05) is 0 Å². The van der Waals surface area contributed by atoms with Crippen LogP contribution in [0.3, 0.4) is 0 Å². The standard InChI is InChI=1S/C29H56BNO2/c1-7-9-11-16-28-21-20-25(5,26(6,31)33)14-12-17-27(28,15-10-8-2)18-13-19-29(30,23-22-28)24(3,4)32/h32-33H,7-23,31H2,1-6H3. The highest BCUT2D eigenvalue weighted by Gasteiger charge is 2.55. The fourth-order valence-corrected chi connectivity index (χ4v) is 7.47. The van der Waals surface area contributed by atoms with Crippen molar-refractivity contribution in [3.63, 3.8) is 0 Å². The van der Waals surface area contributed by atoms with Gasteiger partial charge in [-0.3, -0.25) is 0 Å². The van der Waals surface area contributed by atoms with Gasteiger partial charge in [-0.15, -0.1) is 0 Å². The van der Waals surface area contributed by atoms with Crippen LogP contribution in [-0.4, -0.2) is 29.4 Å². The maximum Gasteiger partial charge on any atom is 0.116 e. The molecule has 0 aromatic heterocycles. The first-order valence-electron chi connectivity index (χ1n) is 14.2. The molecule has 2 saturated carbocycles. The van der Waals surface area contributed by atoms with Crippen molar-refractivity contribution in [1.29, 1.82) is 0 Å². The maximum absolute atomic E-state index is 11.0. The fraction of sp³-hybridized carbons (Fsp3) is 1.00. The molecule has 2 rings (SSSR count). The number of hydrogen-bond acceptors (Lipinski definition) is 3. The monoisotopic (exact) mass is 461 g/mol. The molecule has 2 radical (unpaired) electrons. The molecule has 4 N–H and O–H groups in total. The predicted octanol–water partition coefficient (Wildman–Crippen LogP) is 7.43. The highest BCUT2D eigenvalue weighted by atomic mass is 16.3. The second kappa shape index (κ2) is 10.9. The Hall–Kier alpha value is -0.0551. The number of nitrogens with two attached hydrogens (primary N) is 1. The van der Waals surface area contributed by atoms with Gasteiger partial charge in [-0.2, -0.15) is 0 Å². The van der Waals surface area contributed by atoms with E-state index in [9.17, 15) is 10.2 Å². The molecule has 0 bridgehead atoms. The van der Waals surface area contributed by atoms with Crippen molar-refractivity contribution < 1.29 is 10.2 Å². The quantitative estimate of drug-likeness (QED) is 0.190. The van der Waals surface area contributed by atoms with E-state index in [1.165, 1.54) is 57.8 Å². The van der Waals surface area contributed by atoms with Gasteiger partial charge in [0.05, 0.1) is 13.4 Å². The molecule has 2 aliphatic carbocycles. The van der Waals surface area contributed by atoms with Crippen molar-refractivity contribution in [1.82, 2.24) is 0 Å². The van der Waals surface area contributed by atoms with Crippen LogP contribution in [0.1, 0.15) is 151 Å². The molecule has 5 unspecified atom stereocenters. The maximum atomic E-state index is 11.0. The summed E-state index contributed by atoms with van der Waals surface area (Å²) >= 11 is 0. The summed E-state index contributed by atoms with van der Waals surface area (Å²) in [5.74, 6) is 0. The Morgan fingerprint density at radius 1 is 0.727 bits per heavy atom. The molecular weight excluding hydrogens is 405 g/mol. The fourth-order valence-electron chi connectivity index (χ4n) is 7.47. The van der Waals surface area contributed by atoms with E-state index in [4.69, 9.17) is 13.6 Å². The van der Waals surface area contributed by atoms with Crippen LogP contribution < -0.4 is 5.73 Å². The summed E-state index contributed by atoms with van der Waals surface area (Å²) in [4.78, 5) is 0. The van der Waals surface area contributed by atoms with Crippen LogP contribution >= 0.6 is 0 Å². The second-order valence-corrected chi connectivity index (χ2v) is 13.3. The molecular formula is C29H56BNO2. The third kappa shape index (κ3) is 6.20. The van der Waals surface area contributed by atoms with E-state index in [1.54, 1.807) is 6.92 Å². The van der Waals surface area contributed by atoms with E-state index in [0.717, 1.165) is 51.4 Å². The predicted molar refractivity (Wildman–Crippen MR) is 142 cm³/mol. The summed E-state index contributed by atoms with van der Waals surface area (Å²) in [5, 5.41) is 21.4. The molecule has 2 aliphatic rings. The average Bonchev–Trinajstić information content (AvgIpc) is 2.70. The molecule has 192 valence electrons. The second-order valence-electron chi connectivity index (χ2n) is 13.3. The number of hydrogen-bond donors (Lipinski definition) is 3. The lowest BCUT2D eigenvalue weighted by Gasteiger charge is -2.59. The van der Waals surface area contributed by atoms with Crippen LogP contribution in [0.4, 0.5) is 0 Å². The average molecular weight is 462 g/mol.